The third-order valence-corrected chi connectivity index (χ3v) is 5.61. The Hall–Kier alpha value is 0.140. The van der Waals surface area contributed by atoms with E-state index in [1.807, 2.05) is 6.92 Å². The molecule has 86 valence electrons. The maximum atomic E-state index is 12.2. The van der Waals surface area contributed by atoms with Gasteiger partial charge >= 0.3 is 7.60 Å². The molecule has 1 aliphatic heterocycles. The van der Waals surface area contributed by atoms with Crippen LogP contribution in [0.4, 0.5) is 0 Å². The maximum Gasteiger partial charge on any atom is 0.358 e. The zero-order valence-corrected chi connectivity index (χ0v) is 10.6. The van der Waals surface area contributed by atoms with Crippen LogP contribution in [-0.4, -0.2) is 25.9 Å². The van der Waals surface area contributed by atoms with E-state index in [9.17, 15) is 4.57 Å². The van der Waals surface area contributed by atoms with E-state index in [-0.39, 0.29) is 11.7 Å². The van der Waals surface area contributed by atoms with Crippen LogP contribution >= 0.6 is 19.2 Å². The van der Waals surface area contributed by atoms with Crippen molar-refractivity contribution in [2.45, 2.75) is 31.5 Å². The molecule has 0 aromatic heterocycles. The van der Waals surface area contributed by atoms with E-state index < -0.39 is 7.60 Å². The van der Waals surface area contributed by atoms with Gasteiger partial charge in [-0.2, -0.15) is 0 Å². The van der Waals surface area contributed by atoms with Crippen LogP contribution in [0, 0.1) is 0 Å². The quantitative estimate of drug-likeness (QED) is 0.572. The number of ether oxygens (including phenoxy) is 1. The summed E-state index contributed by atoms with van der Waals surface area (Å²) in [5.41, 5.74) is -0.222. The summed E-state index contributed by atoms with van der Waals surface area (Å²) < 4.78 is 27.6. The molecule has 0 aromatic carbocycles. The lowest BCUT2D eigenvalue weighted by Crippen LogP contribution is -2.17. The van der Waals surface area contributed by atoms with Crippen LogP contribution < -0.4 is 0 Å². The third kappa shape index (κ3) is 1.79. The van der Waals surface area contributed by atoms with E-state index in [1.54, 1.807) is 0 Å². The molecule has 1 heterocycles. The summed E-state index contributed by atoms with van der Waals surface area (Å²) in [5.74, 6) is 0. The van der Waals surface area contributed by atoms with Crippen LogP contribution in [0.5, 0.6) is 0 Å². The predicted octanol–water partition coefficient (Wildman–Crippen LogP) is 2.87. The Morgan fingerprint density at radius 2 is 2.13 bits per heavy atom. The third-order valence-electron chi connectivity index (χ3n) is 3.04. The van der Waals surface area contributed by atoms with Gasteiger partial charge in [-0.1, -0.05) is 11.6 Å². The minimum absolute atomic E-state index is 0.163. The fourth-order valence-corrected chi connectivity index (χ4v) is 3.96. The summed E-state index contributed by atoms with van der Waals surface area (Å²) in [6.07, 6.45) is 1.29. The Bertz CT molecular complexity index is 359. The van der Waals surface area contributed by atoms with Crippen molar-refractivity contribution in [3.63, 3.8) is 0 Å². The first kappa shape index (κ1) is 11.6. The minimum Gasteiger partial charge on any atom is -0.366 e. The molecule has 4 nitrogen and oxygen atoms in total. The molecule has 0 N–H and O–H groups in total. The van der Waals surface area contributed by atoms with Crippen molar-refractivity contribution >= 4 is 19.2 Å². The molecule has 6 heteroatoms. The smallest absolute Gasteiger partial charge is 0.358 e. The van der Waals surface area contributed by atoms with Gasteiger partial charge in [0.25, 0.3) is 0 Å². The molecule has 2 atom stereocenters. The Kier molecular flexibility index (Phi) is 2.77. The largest absolute Gasteiger partial charge is 0.366 e. The average Bonchev–Trinajstić information content (AvgIpc) is 2.86. The molecule has 1 saturated heterocycles. The zero-order valence-electron chi connectivity index (χ0n) is 8.95. The average molecular weight is 253 g/mol. The van der Waals surface area contributed by atoms with Gasteiger partial charge in [-0.25, -0.2) is 0 Å². The molecule has 2 rings (SSSR count). The molecule has 0 amide bonds. The molecule has 0 aromatic rings. The van der Waals surface area contributed by atoms with Gasteiger partial charge in [0.15, 0.2) is 0 Å². The van der Waals surface area contributed by atoms with Gasteiger partial charge in [-0.05, 0) is 6.92 Å². The first-order chi connectivity index (χ1) is 6.95. The van der Waals surface area contributed by atoms with Crippen molar-refractivity contribution in [1.29, 1.82) is 0 Å². The number of rotatable bonds is 3. The van der Waals surface area contributed by atoms with E-state index in [0.717, 1.165) is 0 Å². The van der Waals surface area contributed by atoms with Gasteiger partial charge in [0, 0.05) is 32.1 Å². The Morgan fingerprint density at radius 1 is 1.53 bits per heavy atom. The van der Waals surface area contributed by atoms with Gasteiger partial charge in [-0.15, -0.1) is 0 Å². The summed E-state index contributed by atoms with van der Waals surface area (Å²) in [4.78, 5) is 0. The Labute approximate surface area is 94.1 Å². The molecule has 15 heavy (non-hydrogen) atoms. The molecular formula is C9H14ClO4P. The number of fused-ring (bicyclic) bond motifs is 1. The lowest BCUT2D eigenvalue weighted by molar-refractivity contribution is 0.275. The minimum atomic E-state index is -3.20. The summed E-state index contributed by atoms with van der Waals surface area (Å²) in [7, 11) is -0.469. The fraction of sp³-hybridized carbons (Fsp3) is 0.778. The van der Waals surface area contributed by atoms with Gasteiger partial charge < -0.3 is 13.8 Å². The fourth-order valence-electron chi connectivity index (χ4n) is 1.95. The molecule has 2 aliphatic rings. The summed E-state index contributed by atoms with van der Waals surface area (Å²) in [5, 5.41) is 1.12. The van der Waals surface area contributed by atoms with Crippen LogP contribution in [-0.2, 0) is 18.3 Å². The van der Waals surface area contributed by atoms with Gasteiger partial charge in [0.05, 0.1) is 17.0 Å². The zero-order chi connectivity index (χ0) is 11.3. The summed E-state index contributed by atoms with van der Waals surface area (Å²) >= 11 is 6.08. The standard InChI is InChI=1S/C9H14ClO4P/c1-9-5-7(15(11,12-2)13-3)6(10)4-8(9)14-9/h8H,4-5H2,1-3H3. The normalized spacial score (nSPS) is 35.3. The SMILES string of the molecule is COP(=O)(OC)C1=C(Cl)CC2OC2(C)C1. The monoisotopic (exact) mass is 252 g/mol. The van der Waals surface area contributed by atoms with E-state index in [4.69, 9.17) is 25.4 Å². The first-order valence-electron chi connectivity index (χ1n) is 4.72. The van der Waals surface area contributed by atoms with Crippen LogP contribution in [0.15, 0.2) is 10.3 Å². The highest BCUT2D eigenvalue weighted by atomic mass is 35.5. The van der Waals surface area contributed by atoms with Crippen molar-refractivity contribution in [3.8, 4) is 0 Å². The summed E-state index contributed by atoms with van der Waals surface area (Å²) in [6.45, 7) is 1.98. The molecule has 1 fully saturated rings. The molecule has 2 unspecified atom stereocenters. The second kappa shape index (κ2) is 3.57. The molecule has 0 spiro atoms. The van der Waals surface area contributed by atoms with Gasteiger partial charge in [-0.3, -0.25) is 4.57 Å². The number of hydrogen-bond acceptors (Lipinski definition) is 4. The van der Waals surface area contributed by atoms with Crippen molar-refractivity contribution in [2.75, 3.05) is 14.2 Å². The van der Waals surface area contributed by atoms with Gasteiger partial charge in [0.1, 0.15) is 0 Å². The highest BCUT2D eigenvalue weighted by Gasteiger charge is 2.57. The maximum absolute atomic E-state index is 12.2. The van der Waals surface area contributed by atoms with Crippen molar-refractivity contribution < 1.29 is 18.3 Å². The van der Waals surface area contributed by atoms with E-state index in [1.165, 1.54) is 14.2 Å². The molecule has 1 aliphatic carbocycles. The molecule has 0 radical (unpaired) electrons. The first-order valence-corrected chi connectivity index (χ1v) is 6.64. The van der Waals surface area contributed by atoms with Crippen LogP contribution in [0.1, 0.15) is 19.8 Å². The molecule has 0 bridgehead atoms. The lowest BCUT2D eigenvalue weighted by atomic mass is 9.96. The Morgan fingerprint density at radius 3 is 2.67 bits per heavy atom. The van der Waals surface area contributed by atoms with Crippen molar-refractivity contribution in [3.05, 3.63) is 10.3 Å². The van der Waals surface area contributed by atoms with Crippen molar-refractivity contribution in [2.24, 2.45) is 0 Å². The van der Waals surface area contributed by atoms with Crippen LogP contribution in [0.2, 0.25) is 0 Å². The highest BCUT2D eigenvalue weighted by molar-refractivity contribution is 7.58. The second-order valence-electron chi connectivity index (χ2n) is 4.01. The second-order valence-corrected chi connectivity index (χ2v) is 6.74. The van der Waals surface area contributed by atoms with Crippen LogP contribution in [0.25, 0.3) is 0 Å². The highest BCUT2D eigenvalue weighted by Crippen LogP contribution is 2.64. The number of hydrogen-bond donors (Lipinski definition) is 0. The predicted molar refractivity (Wildman–Crippen MR) is 57.0 cm³/mol. The summed E-state index contributed by atoms with van der Waals surface area (Å²) in [6, 6.07) is 0. The number of halogens is 1. The van der Waals surface area contributed by atoms with E-state index in [0.29, 0.717) is 23.2 Å². The van der Waals surface area contributed by atoms with Crippen molar-refractivity contribution in [1.82, 2.24) is 0 Å². The van der Waals surface area contributed by atoms with Crippen LogP contribution in [0.3, 0.4) is 0 Å². The molecule has 0 saturated carbocycles. The van der Waals surface area contributed by atoms with Gasteiger partial charge in [0.2, 0.25) is 0 Å². The topological polar surface area (TPSA) is 48.1 Å². The molecular weight excluding hydrogens is 239 g/mol. The van der Waals surface area contributed by atoms with E-state index >= 15 is 0 Å². The lowest BCUT2D eigenvalue weighted by Gasteiger charge is -2.23. The van der Waals surface area contributed by atoms with E-state index in [2.05, 4.69) is 0 Å². The Balaban J connectivity index is 2.31. The number of epoxide rings is 1.